The highest BCUT2D eigenvalue weighted by atomic mass is 32.1. The number of hydrogen-bond acceptors (Lipinski definition) is 4. The molecule has 3 aromatic rings. The van der Waals surface area contributed by atoms with Crippen molar-refractivity contribution in [3.8, 4) is 0 Å². The number of aryl methyl sites for hydroxylation is 1. The van der Waals surface area contributed by atoms with Gasteiger partial charge in [0.25, 0.3) is 5.91 Å². The van der Waals surface area contributed by atoms with Gasteiger partial charge in [-0.05, 0) is 66.8 Å². The molecule has 1 aliphatic carbocycles. The lowest BCUT2D eigenvalue weighted by Crippen LogP contribution is -2.30. The van der Waals surface area contributed by atoms with E-state index in [2.05, 4.69) is 17.2 Å². The lowest BCUT2D eigenvalue weighted by Gasteiger charge is -2.18. The van der Waals surface area contributed by atoms with Crippen molar-refractivity contribution in [1.29, 1.82) is 0 Å². The molecule has 5 nitrogen and oxygen atoms in total. The number of hydrogen-bond donors (Lipinski definition) is 2. The molecule has 2 aromatic heterocycles. The predicted octanol–water partition coefficient (Wildman–Crippen LogP) is 3.87. The Morgan fingerprint density at radius 3 is 3.04 bits per heavy atom. The average molecular weight is 397 g/mol. The van der Waals surface area contributed by atoms with Crippen LogP contribution in [0.4, 0.5) is 0 Å². The molecule has 2 heterocycles. The van der Waals surface area contributed by atoms with Gasteiger partial charge in [-0.2, -0.15) is 0 Å². The Kier molecular flexibility index (Phi) is 5.48. The van der Waals surface area contributed by atoms with Crippen molar-refractivity contribution in [2.45, 2.75) is 32.6 Å². The number of aromatic nitrogens is 1. The van der Waals surface area contributed by atoms with Gasteiger partial charge in [0.1, 0.15) is 0 Å². The largest absolute Gasteiger partial charge is 0.452 e. The Bertz CT molecular complexity index is 991. The number of aromatic amines is 1. The van der Waals surface area contributed by atoms with Crippen LogP contribution in [0.5, 0.6) is 0 Å². The summed E-state index contributed by atoms with van der Waals surface area (Å²) in [6.07, 6.45) is 4.05. The van der Waals surface area contributed by atoms with Crippen LogP contribution in [0.1, 0.15) is 39.8 Å². The summed E-state index contributed by atoms with van der Waals surface area (Å²) in [5.41, 5.74) is 4.14. The number of ether oxygens (including phenoxy) is 1. The number of H-pyrrole nitrogens is 1. The number of esters is 1. The van der Waals surface area contributed by atoms with E-state index in [0.717, 1.165) is 30.2 Å². The Morgan fingerprint density at radius 2 is 2.21 bits per heavy atom. The number of rotatable bonds is 6. The van der Waals surface area contributed by atoms with Crippen molar-refractivity contribution in [2.75, 3.05) is 13.2 Å². The van der Waals surface area contributed by atoms with Crippen LogP contribution in [0.2, 0.25) is 0 Å². The molecule has 1 aliphatic rings. The van der Waals surface area contributed by atoms with Gasteiger partial charge in [-0.15, -0.1) is 11.3 Å². The third-order valence-electron chi connectivity index (χ3n) is 5.28. The van der Waals surface area contributed by atoms with E-state index in [1.807, 2.05) is 29.6 Å². The van der Waals surface area contributed by atoms with Gasteiger partial charge in [0.15, 0.2) is 6.61 Å². The fourth-order valence-corrected chi connectivity index (χ4v) is 4.47. The van der Waals surface area contributed by atoms with E-state index in [9.17, 15) is 9.59 Å². The molecule has 6 heteroatoms. The van der Waals surface area contributed by atoms with Gasteiger partial charge >= 0.3 is 5.97 Å². The number of thiophene rings is 1. The second kappa shape index (κ2) is 8.19. The second-order valence-electron chi connectivity index (χ2n) is 7.45. The van der Waals surface area contributed by atoms with Crippen molar-refractivity contribution in [1.82, 2.24) is 10.3 Å². The highest BCUT2D eigenvalue weighted by Crippen LogP contribution is 2.32. The molecule has 0 fully saturated rings. The zero-order chi connectivity index (χ0) is 19.5. The maximum Gasteiger partial charge on any atom is 0.338 e. The first kappa shape index (κ1) is 18.7. The topological polar surface area (TPSA) is 71.2 Å². The van der Waals surface area contributed by atoms with Gasteiger partial charge in [-0.3, -0.25) is 4.79 Å². The molecule has 0 unspecified atom stereocenters. The van der Waals surface area contributed by atoms with Gasteiger partial charge in [0.05, 0.1) is 5.56 Å². The van der Waals surface area contributed by atoms with Gasteiger partial charge < -0.3 is 15.0 Å². The van der Waals surface area contributed by atoms with Gasteiger partial charge in [-0.1, -0.05) is 13.0 Å². The third-order valence-corrected chi connectivity index (χ3v) is 6.21. The van der Waals surface area contributed by atoms with E-state index < -0.39 is 5.97 Å². The lowest BCUT2D eigenvalue weighted by atomic mass is 9.87. The fraction of sp³-hybridized carbons (Fsp3) is 0.364. The van der Waals surface area contributed by atoms with E-state index in [1.165, 1.54) is 22.6 Å². The monoisotopic (exact) mass is 396 g/mol. The van der Waals surface area contributed by atoms with Gasteiger partial charge in [0, 0.05) is 28.0 Å². The molecule has 1 amide bonds. The standard InChI is InChI=1S/C22H24N2O3S/c1-14-4-6-19-17(11-14)18-12-15(5-7-20(18)24-19)22(26)27-13-21(25)23-9-8-16-3-2-10-28-16/h2-3,5,7,10,12,14,24H,4,6,8-9,11,13H2,1H3,(H,23,25)/t14-/m0/s1. The zero-order valence-corrected chi connectivity index (χ0v) is 16.7. The summed E-state index contributed by atoms with van der Waals surface area (Å²) in [4.78, 5) is 29.0. The first-order chi connectivity index (χ1) is 13.6. The minimum atomic E-state index is -0.464. The quantitative estimate of drug-likeness (QED) is 0.622. The molecule has 0 saturated heterocycles. The van der Waals surface area contributed by atoms with Crippen LogP contribution in [0, 0.1) is 5.92 Å². The van der Waals surface area contributed by atoms with Crippen molar-refractivity contribution in [2.24, 2.45) is 5.92 Å². The molecule has 146 valence electrons. The number of benzene rings is 1. The number of carbonyl (C=O) groups excluding carboxylic acids is 2. The molecule has 1 aromatic carbocycles. The minimum Gasteiger partial charge on any atom is -0.452 e. The molecule has 0 radical (unpaired) electrons. The fourth-order valence-electron chi connectivity index (χ4n) is 3.76. The number of fused-ring (bicyclic) bond motifs is 3. The predicted molar refractivity (Wildman–Crippen MR) is 111 cm³/mol. The van der Waals surface area contributed by atoms with Crippen molar-refractivity contribution in [3.05, 3.63) is 57.4 Å². The van der Waals surface area contributed by atoms with Crippen molar-refractivity contribution >= 4 is 34.1 Å². The molecular weight excluding hydrogens is 372 g/mol. The van der Waals surface area contributed by atoms with Gasteiger partial charge in [0.2, 0.25) is 0 Å². The van der Waals surface area contributed by atoms with Crippen LogP contribution in [0.3, 0.4) is 0 Å². The number of nitrogens with one attached hydrogen (secondary N) is 2. The first-order valence-corrected chi connectivity index (χ1v) is 10.6. The molecule has 0 aliphatic heterocycles. The molecule has 0 bridgehead atoms. The summed E-state index contributed by atoms with van der Waals surface area (Å²) in [5, 5.41) is 5.89. The lowest BCUT2D eigenvalue weighted by molar-refractivity contribution is -0.124. The average Bonchev–Trinajstić information content (AvgIpc) is 3.33. The van der Waals surface area contributed by atoms with E-state index >= 15 is 0 Å². The molecule has 1 atom stereocenters. The minimum absolute atomic E-state index is 0.260. The number of carbonyl (C=O) groups is 2. The molecule has 28 heavy (non-hydrogen) atoms. The zero-order valence-electron chi connectivity index (χ0n) is 15.9. The summed E-state index contributed by atoms with van der Waals surface area (Å²) >= 11 is 1.66. The van der Waals surface area contributed by atoms with Gasteiger partial charge in [-0.25, -0.2) is 4.79 Å². The Morgan fingerprint density at radius 1 is 1.32 bits per heavy atom. The van der Waals surface area contributed by atoms with Crippen LogP contribution >= 0.6 is 11.3 Å². The summed E-state index contributed by atoms with van der Waals surface area (Å²) in [6, 6.07) is 9.59. The maximum absolute atomic E-state index is 12.4. The van der Waals surface area contributed by atoms with E-state index in [1.54, 1.807) is 17.4 Å². The van der Waals surface area contributed by atoms with Crippen molar-refractivity contribution < 1.29 is 14.3 Å². The van der Waals surface area contributed by atoms with Crippen LogP contribution < -0.4 is 5.32 Å². The molecule has 0 spiro atoms. The molecule has 0 saturated carbocycles. The Labute approximate surface area is 168 Å². The van der Waals surface area contributed by atoms with E-state index in [4.69, 9.17) is 4.74 Å². The Balaban J connectivity index is 1.34. The van der Waals surface area contributed by atoms with Crippen LogP contribution in [-0.2, 0) is 28.8 Å². The second-order valence-corrected chi connectivity index (χ2v) is 8.48. The smallest absolute Gasteiger partial charge is 0.338 e. The maximum atomic E-state index is 12.4. The van der Waals surface area contributed by atoms with Crippen LogP contribution in [-0.4, -0.2) is 30.0 Å². The summed E-state index contributed by atoms with van der Waals surface area (Å²) in [6.45, 7) is 2.54. The highest BCUT2D eigenvalue weighted by Gasteiger charge is 2.21. The normalized spacial score (nSPS) is 16.0. The molecule has 4 rings (SSSR count). The van der Waals surface area contributed by atoms with E-state index in [-0.39, 0.29) is 12.5 Å². The SMILES string of the molecule is C[C@H]1CCc2[nH]c3ccc(C(=O)OCC(=O)NCCc4cccs4)cc3c2C1. The summed E-state index contributed by atoms with van der Waals surface area (Å²) in [7, 11) is 0. The highest BCUT2D eigenvalue weighted by molar-refractivity contribution is 7.09. The van der Waals surface area contributed by atoms with Crippen LogP contribution in [0.15, 0.2) is 35.7 Å². The third kappa shape index (κ3) is 4.12. The first-order valence-electron chi connectivity index (χ1n) is 9.70. The summed E-state index contributed by atoms with van der Waals surface area (Å²) < 4.78 is 5.21. The van der Waals surface area contributed by atoms with Crippen LogP contribution in [0.25, 0.3) is 10.9 Å². The molecular formula is C22H24N2O3S. The van der Waals surface area contributed by atoms with E-state index in [0.29, 0.717) is 18.0 Å². The Hall–Kier alpha value is -2.60. The van der Waals surface area contributed by atoms with Crippen molar-refractivity contribution in [3.63, 3.8) is 0 Å². The summed E-state index contributed by atoms with van der Waals surface area (Å²) in [5.74, 6) is -0.0899. The molecule has 2 N–H and O–H groups in total. The number of amides is 1.